The van der Waals surface area contributed by atoms with Crippen LogP contribution in [0.25, 0.3) is 6.08 Å². The van der Waals surface area contributed by atoms with Crippen molar-refractivity contribution in [2.24, 2.45) is 0 Å². The number of nitro benzene ring substituents is 1. The first-order chi connectivity index (χ1) is 18.4. The van der Waals surface area contributed by atoms with Crippen LogP contribution in [0.3, 0.4) is 0 Å². The summed E-state index contributed by atoms with van der Waals surface area (Å²) in [6, 6.07) is 20.7. The lowest BCUT2D eigenvalue weighted by molar-refractivity contribution is -0.384. The molecular formula is C29H30N4O5. The molecule has 0 saturated carbocycles. The Morgan fingerprint density at radius 3 is 2.26 bits per heavy atom. The van der Waals surface area contributed by atoms with Crippen molar-refractivity contribution in [2.45, 2.75) is 27.4 Å². The van der Waals surface area contributed by atoms with E-state index in [0.717, 1.165) is 24.3 Å². The fraction of sp³-hybridized carbons (Fsp3) is 0.241. The second kappa shape index (κ2) is 13.5. The first kappa shape index (κ1) is 27.7. The van der Waals surface area contributed by atoms with Crippen LogP contribution in [0.1, 0.15) is 31.9 Å². The van der Waals surface area contributed by atoms with Gasteiger partial charge < -0.3 is 19.7 Å². The van der Waals surface area contributed by atoms with Crippen molar-refractivity contribution in [2.75, 3.05) is 29.9 Å². The van der Waals surface area contributed by atoms with Crippen LogP contribution < -0.4 is 19.7 Å². The van der Waals surface area contributed by atoms with Gasteiger partial charge in [-0.2, -0.15) is 5.26 Å². The standard InChI is InChI=1S/C29H30N4O5/c1-4-32(5-2)25-14-10-24(11-15-25)31-29(34)23(19-30)17-22-9-16-27(28(18-22)37-6-3)38-20-21-7-12-26(13-8-21)33(35)36/h7-18H,4-6,20H2,1-3H3,(H,31,34)/b23-17-. The molecule has 0 bridgehead atoms. The van der Waals surface area contributed by atoms with Gasteiger partial charge >= 0.3 is 0 Å². The van der Waals surface area contributed by atoms with Crippen molar-refractivity contribution in [3.8, 4) is 17.6 Å². The molecule has 1 N–H and O–H groups in total. The highest BCUT2D eigenvalue weighted by molar-refractivity contribution is 6.09. The highest BCUT2D eigenvalue weighted by Gasteiger charge is 2.13. The topological polar surface area (TPSA) is 118 Å². The van der Waals surface area contributed by atoms with E-state index in [0.29, 0.717) is 29.4 Å². The van der Waals surface area contributed by atoms with Gasteiger partial charge in [-0.05, 0) is 86.5 Å². The van der Waals surface area contributed by atoms with Crippen LogP contribution in [0.5, 0.6) is 11.5 Å². The molecule has 0 aromatic heterocycles. The zero-order valence-corrected chi connectivity index (χ0v) is 21.6. The van der Waals surface area contributed by atoms with Gasteiger partial charge in [0.25, 0.3) is 11.6 Å². The van der Waals surface area contributed by atoms with Crippen LogP contribution in [-0.4, -0.2) is 30.5 Å². The summed E-state index contributed by atoms with van der Waals surface area (Å²) in [5, 5.41) is 23.2. The normalized spacial score (nSPS) is 10.8. The molecule has 38 heavy (non-hydrogen) atoms. The number of nitro groups is 1. The van der Waals surface area contributed by atoms with Gasteiger partial charge in [0, 0.05) is 36.6 Å². The minimum Gasteiger partial charge on any atom is -0.490 e. The number of non-ortho nitro benzene ring substituents is 1. The van der Waals surface area contributed by atoms with Crippen LogP contribution in [0, 0.1) is 21.4 Å². The van der Waals surface area contributed by atoms with Gasteiger partial charge in [-0.3, -0.25) is 14.9 Å². The zero-order valence-electron chi connectivity index (χ0n) is 21.6. The third kappa shape index (κ3) is 7.34. The molecular weight excluding hydrogens is 484 g/mol. The third-order valence-corrected chi connectivity index (χ3v) is 5.74. The first-order valence-corrected chi connectivity index (χ1v) is 12.3. The SMILES string of the molecule is CCOc1cc(/C=C(/C#N)C(=O)Nc2ccc(N(CC)CC)cc2)ccc1OCc1ccc([N+](=O)[O-])cc1. The molecule has 0 spiro atoms. The smallest absolute Gasteiger partial charge is 0.269 e. The fourth-order valence-corrected chi connectivity index (χ4v) is 3.73. The minimum atomic E-state index is -0.514. The molecule has 0 fully saturated rings. The Hall–Kier alpha value is -4.84. The number of carbonyl (C=O) groups excluding carboxylic acids is 1. The predicted octanol–water partition coefficient (Wildman–Crippen LogP) is 5.96. The molecule has 0 aliphatic heterocycles. The predicted molar refractivity (Wildman–Crippen MR) is 147 cm³/mol. The van der Waals surface area contributed by atoms with E-state index in [1.807, 2.05) is 37.3 Å². The molecule has 0 aliphatic carbocycles. The number of hydrogen-bond acceptors (Lipinski definition) is 7. The van der Waals surface area contributed by atoms with Gasteiger partial charge in [-0.1, -0.05) is 6.07 Å². The lowest BCUT2D eigenvalue weighted by Gasteiger charge is -2.21. The number of nitrogens with zero attached hydrogens (tertiary/aromatic N) is 3. The van der Waals surface area contributed by atoms with Crippen molar-refractivity contribution in [3.63, 3.8) is 0 Å². The maximum atomic E-state index is 12.8. The van der Waals surface area contributed by atoms with Crippen LogP contribution >= 0.6 is 0 Å². The van der Waals surface area contributed by atoms with E-state index in [-0.39, 0.29) is 17.9 Å². The number of nitrogens with one attached hydrogen (secondary N) is 1. The quantitative estimate of drug-likeness (QED) is 0.137. The maximum Gasteiger partial charge on any atom is 0.269 e. The van der Waals surface area contributed by atoms with Gasteiger partial charge in [0.1, 0.15) is 18.2 Å². The molecule has 0 heterocycles. The molecule has 9 nitrogen and oxygen atoms in total. The van der Waals surface area contributed by atoms with Crippen molar-refractivity contribution in [3.05, 3.63) is 93.5 Å². The first-order valence-electron chi connectivity index (χ1n) is 12.3. The Kier molecular flexibility index (Phi) is 9.83. The van der Waals surface area contributed by atoms with Crippen LogP contribution in [0.2, 0.25) is 0 Å². The highest BCUT2D eigenvalue weighted by atomic mass is 16.6. The molecule has 0 atom stereocenters. The number of carbonyl (C=O) groups is 1. The largest absolute Gasteiger partial charge is 0.490 e. The van der Waals surface area contributed by atoms with Crippen molar-refractivity contribution >= 4 is 29.0 Å². The summed E-state index contributed by atoms with van der Waals surface area (Å²) in [5.41, 5.74) is 2.96. The molecule has 196 valence electrons. The second-order valence-electron chi connectivity index (χ2n) is 8.19. The zero-order chi connectivity index (χ0) is 27.5. The number of anilines is 2. The molecule has 9 heteroatoms. The van der Waals surface area contributed by atoms with Gasteiger partial charge in [-0.15, -0.1) is 0 Å². The Morgan fingerprint density at radius 1 is 1.00 bits per heavy atom. The molecule has 0 unspecified atom stereocenters. The van der Waals surface area contributed by atoms with E-state index < -0.39 is 10.8 Å². The van der Waals surface area contributed by atoms with Crippen molar-refractivity contribution < 1.29 is 19.2 Å². The lowest BCUT2D eigenvalue weighted by atomic mass is 10.1. The Balaban J connectivity index is 1.72. The summed E-state index contributed by atoms with van der Waals surface area (Å²) in [4.78, 5) is 25.3. The van der Waals surface area contributed by atoms with E-state index in [1.54, 1.807) is 30.3 Å². The molecule has 0 radical (unpaired) electrons. The van der Waals surface area contributed by atoms with Crippen LogP contribution in [0.15, 0.2) is 72.3 Å². The summed E-state index contributed by atoms with van der Waals surface area (Å²) in [6.07, 6.45) is 1.49. The molecule has 3 rings (SSSR count). The second-order valence-corrected chi connectivity index (χ2v) is 8.19. The van der Waals surface area contributed by atoms with E-state index >= 15 is 0 Å². The van der Waals surface area contributed by atoms with E-state index in [9.17, 15) is 20.2 Å². The van der Waals surface area contributed by atoms with Gasteiger partial charge in [0.2, 0.25) is 0 Å². The Morgan fingerprint density at radius 2 is 1.68 bits per heavy atom. The number of amides is 1. The van der Waals surface area contributed by atoms with Crippen LogP contribution in [-0.2, 0) is 11.4 Å². The lowest BCUT2D eigenvalue weighted by Crippen LogP contribution is -2.21. The molecule has 3 aromatic rings. The van der Waals surface area contributed by atoms with Crippen LogP contribution in [0.4, 0.5) is 17.1 Å². The van der Waals surface area contributed by atoms with E-state index in [2.05, 4.69) is 24.1 Å². The van der Waals surface area contributed by atoms with Gasteiger partial charge in [0.15, 0.2) is 11.5 Å². The molecule has 1 amide bonds. The van der Waals surface area contributed by atoms with Gasteiger partial charge in [-0.25, -0.2) is 0 Å². The monoisotopic (exact) mass is 514 g/mol. The molecule has 0 saturated heterocycles. The number of hydrogen-bond donors (Lipinski definition) is 1. The third-order valence-electron chi connectivity index (χ3n) is 5.74. The summed E-state index contributed by atoms with van der Waals surface area (Å²) in [7, 11) is 0. The number of nitriles is 1. The molecule has 3 aromatic carbocycles. The average molecular weight is 515 g/mol. The summed E-state index contributed by atoms with van der Waals surface area (Å²) in [6.45, 7) is 8.34. The average Bonchev–Trinajstić information content (AvgIpc) is 2.93. The number of benzene rings is 3. The maximum absolute atomic E-state index is 12.8. The summed E-state index contributed by atoms with van der Waals surface area (Å²) in [5.74, 6) is 0.408. The highest BCUT2D eigenvalue weighted by Crippen LogP contribution is 2.30. The fourth-order valence-electron chi connectivity index (χ4n) is 3.73. The van der Waals surface area contributed by atoms with Gasteiger partial charge in [0.05, 0.1) is 11.5 Å². The summed E-state index contributed by atoms with van der Waals surface area (Å²) < 4.78 is 11.6. The number of ether oxygens (including phenoxy) is 2. The van der Waals surface area contributed by atoms with Crippen molar-refractivity contribution in [1.82, 2.24) is 0 Å². The Bertz CT molecular complexity index is 1320. The van der Waals surface area contributed by atoms with E-state index in [1.165, 1.54) is 18.2 Å². The van der Waals surface area contributed by atoms with E-state index in [4.69, 9.17) is 9.47 Å². The minimum absolute atomic E-state index is 0.00822. The molecule has 0 aliphatic rings. The number of rotatable bonds is 12. The summed E-state index contributed by atoms with van der Waals surface area (Å²) >= 11 is 0. The Labute approximate surface area is 222 Å². The van der Waals surface area contributed by atoms with Crippen molar-refractivity contribution in [1.29, 1.82) is 5.26 Å².